The van der Waals surface area contributed by atoms with E-state index in [1.54, 1.807) is 62.6 Å². The van der Waals surface area contributed by atoms with Crippen molar-refractivity contribution >= 4 is 46.9 Å². The largest absolute Gasteiger partial charge is 0.497 e. The number of esters is 2. The molecular formula is C25H26N2O8S. The number of ether oxygens (including phenoxy) is 5. The van der Waals surface area contributed by atoms with Gasteiger partial charge in [-0.05, 0) is 67.2 Å². The molecule has 1 saturated heterocycles. The molecule has 190 valence electrons. The Bertz CT molecular complexity index is 1180. The van der Waals surface area contributed by atoms with Crippen molar-refractivity contribution in [2.45, 2.75) is 6.92 Å². The summed E-state index contributed by atoms with van der Waals surface area (Å²) in [5.41, 5.74) is 1.28. The number of methoxy groups -OCH3 is 3. The van der Waals surface area contributed by atoms with E-state index in [0.29, 0.717) is 35.1 Å². The fraction of sp³-hybridized carbons (Fsp3) is 0.280. The Morgan fingerprint density at radius 1 is 0.944 bits per heavy atom. The van der Waals surface area contributed by atoms with E-state index < -0.39 is 17.8 Å². The van der Waals surface area contributed by atoms with Crippen LogP contribution in [-0.2, 0) is 23.9 Å². The smallest absolute Gasteiger partial charge is 0.343 e. The zero-order chi connectivity index (χ0) is 26.2. The van der Waals surface area contributed by atoms with Gasteiger partial charge in [0.2, 0.25) is 0 Å². The zero-order valence-corrected chi connectivity index (χ0v) is 21.1. The minimum absolute atomic E-state index is 0.130. The lowest BCUT2D eigenvalue weighted by molar-refractivity contribution is -0.143. The van der Waals surface area contributed by atoms with Crippen LogP contribution in [0, 0.1) is 0 Å². The van der Waals surface area contributed by atoms with Gasteiger partial charge in [-0.3, -0.25) is 14.5 Å². The maximum Gasteiger partial charge on any atom is 0.343 e. The lowest BCUT2D eigenvalue weighted by Gasteiger charge is -2.19. The van der Waals surface area contributed by atoms with Crippen LogP contribution in [0.15, 0.2) is 48.2 Å². The third-order valence-corrected chi connectivity index (χ3v) is 5.53. The van der Waals surface area contributed by atoms with E-state index in [1.807, 2.05) is 0 Å². The van der Waals surface area contributed by atoms with Gasteiger partial charge in [-0.15, -0.1) is 0 Å². The molecule has 0 aromatic heterocycles. The molecule has 36 heavy (non-hydrogen) atoms. The van der Waals surface area contributed by atoms with E-state index in [9.17, 15) is 14.4 Å². The molecule has 10 nitrogen and oxygen atoms in total. The molecule has 1 aliphatic heterocycles. The number of amides is 1. The van der Waals surface area contributed by atoms with Crippen molar-refractivity contribution in [1.82, 2.24) is 4.90 Å². The first-order valence-corrected chi connectivity index (χ1v) is 11.3. The second kappa shape index (κ2) is 12.0. The van der Waals surface area contributed by atoms with Gasteiger partial charge in [0, 0.05) is 0 Å². The Balaban J connectivity index is 1.99. The highest BCUT2D eigenvalue weighted by Gasteiger charge is 2.40. The summed E-state index contributed by atoms with van der Waals surface area (Å²) in [6.45, 7) is 1.61. The van der Waals surface area contributed by atoms with Crippen LogP contribution >= 0.6 is 12.2 Å². The Hall–Kier alpha value is -4.12. The maximum atomic E-state index is 13.5. The molecular weight excluding hydrogens is 488 g/mol. The monoisotopic (exact) mass is 514 g/mol. The summed E-state index contributed by atoms with van der Waals surface area (Å²) >= 11 is 5.56. The van der Waals surface area contributed by atoms with Gasteiger partial charge in [0.25, 0.3) is 5.91 Å². The van der Waals surface area contributed by atoms with Gasteiger partial charge in [-0.25, -0.2) is 4.79 Å². The first-order chi connectivity index (χ1) is 17.3. The van der Waals surface area contributed by atoms with Crippen LogP contribution in [0.25, 0.3) is 6.08 Å². The van der Waals surface area contributed by atoms with E-state index in [2.05, 4.69) is 4.74 Å². The summed E-state index contributed by atoms with van der Waals surface area (Å²) in [4.78, 5) is 39.8. The van der Waals surface area contributed by atoms with E-state index in [0.717, 1.165) is 0 Å². The van der Waals surface area contributed by atoms with Crippen LogP contribution in [0.5, 0.6) is 17.2 Å². The summed E-state index contributed by atoms with van der Waals surface area (Å²) in [6.07, 6.45) is 1.59. The Morgan fingerprint density at radius 3 is 2.25 bits per heavy atom. The van der Waals surface area contributed by atoms with Crippen molar-refractivity contribution < 1.29 is 38.1 Å². The highest BCUT2D eigenvalue weighted by Crippen LogP contribution is 2.33. The third-order valence-electron chi connectivity index (χ3n) is 5.12. The molecule has 1 heterocycles. The molecule has 0 atom stereocenters. The molecule has 0 saturated carbocycles. The number of benzene rings is 2. The van der Waals surface area contributed by atoms with E-state index in [1.165, 1.54) is 24.0 Å². The molecule has 1 fully saturated rings. The first-order valence-electron chi connectivity index (χ1n) is 10.9. The van der Waals surface area contributed by atoms with Crippen LogP contribution in [0.4, 0.5) is 5.69 Å². The van der Waals surface area contributed by atoms with Crippen molar-refractivity contribution in [1.29, 1.82) is 0 Å². The number of hydrogen-bond donors (Lipinski definition) is 0. The molecule has 0 radical (unpaired) electrons. The van der Waals surface area contributed by atoms with Crippen LogP contribution in [0.2, 0.25) is 0 Å². The lowest BCUT2D eigenvalue weighted by atomic mass is 10.1. The average molecular weight is 515 g/mol. The molecule has 0 unspecified atom stereocenters. The molecule has 0 spiro atoms. The summed E-state index contributed by atoms with van der Waals surface area (Å²) < 4.78 is 25.7. The van der Waals surface area contributed by atoms with Crippen molar-refractivity contribution in [2.75, 3.05) is 46.0 Å². The van der Waals surface area contributed by atoms with Gasteiger partial charge in [-0.1, -0.05) is 6.07 Å². The molecule has 0 bridgehead atoms. The zero-order valence-electron chi connectivity index (χ0n) is 20.3. The standard InChI is InChI=1S/C25H26N2O8S/c1-5-34-21-13-16(6-11-20(21)35-15-23(29)33-4)12-19-24(30)27(17-7-9-18(31-2)10-8-17)25(36)26(19)14-22(28)32-3/h6-13H,5,14-15H2,1-4H3/b19-12-. The number of hydrogen-bond acceptors (Lipinski definition) is 9. The molecule has 11 heteroatoms. The molecule has 2 aromatic rings. The molecule has 1 aliphatic rings. The molecule has 2 aromatic carbocycles. The fourth-order valence-electron chi connectivity index (χ4n) is 3.34. The molecule has 0 aliphatic carbocycles. The number of thiocarbonyl (C=S) groups is 1. The average Bonchev–Trinajstić information content (AvgIpc) is 3.11. The summed E-state index contributed by atoms with van der Waals surface area (Å²) in [6, 6.07) is 11.8. The van der Waals surface area contributed by atoms with Gasteiger partial charge >= 0.3 is 11.9 Å². The minimum Gasteiger partial charge on any atom is -0.497 e. The van der Waals surface area contributed by atoms with Crippen molar-refractivity contribution in [3.63, 3.8) is 0 Å². The normalized spacial score (nSPS) is 14.2. The summed E-state index contributed by atoms with van der Waals surface area (Å²) in [5, 5.41) is 0.130. The van der Waals surface area contributed by atoms with E-state index in [-0.39, 0.29) is 24.0 Å². The highest BCUT2D eigenvalue weighted by atomic mass is 32.1. The van der Waals surface area contributed by atoms with Crippen molar-refractivity contribution in [3.8, 4) is 17.2 Å². The molecule has 1 amide bonds. The lowest BCUT2D eigenvalue weighted by Crippen LogP contribution is -2.35. The highest BCUT2D eigenvalue weighted by molar-refractivity contribution is 7.80. The number of anilines is 1. The van der Waals surface area contributed by atoms with Gasteiger partial charge in [-0.2, -0.15) is 0 Å². The third kappa shape index (κ3) is 5.92. The summed E-state index contributed by atoms with van der Waals surface area (Å²) in [7, 11) is 4.07. The first kappa shape index (κ1) is 26.5. The van der Waals surface area contributed by atoms with Gasteiger partial charge in [0.05, 0.1) is 33.6 Å². The van der Waals surface area contributed by atoms with Crippen LogP contribution in [-0.4, -0.2) is 68.9 Å². The Labute approximate surface area is 213 Å². The predicted octanol–water partition coefficient (Wildman–Crippen LogP) is 2.79. The minimum atomic E-state index is -0.561. The second-order valence-corrected chi connectivity index (χ2v) is 7.68. The van der Waals surface area contributed by atoms with E-state index in [4.69, 9.17) is 31.2 Å². The number of nitrogens with zero attached hydrogens (tertiary/aromatic N) is 2. The summed E-state index contributed by atoms with van der Waals surface area (Å²) in [5.74, 6) is -0.186. The van der Waals surface area contributed by atoms with Gasteiger partial charge < -0.3 is 28.6 Å². The van der Waals surface area contributed by atoms with E-state index >= 15 is 0 Å². The van der Waals surface area contributed by atoms with Crippen molar-refractivity contribution in [3.05, 3.63) is 53.7 Å². The topological polar surface area (TPSA) is 104 Å². The van der Waals surface area contributed by atoms with Crippen LogP contribution < -0.4 is 19.1 Å². The SMILES string of the molecule is CCOc1cc(/C=C2/C(=O)N(c3ccc(OC)cc3)C(=S)N2CC(=O)OC)ccc1OCC(=O)OC. The van der Waals surface area contributed by atoms with Crippen molar-refractivity contribution in [2.24, 2.45) is 0 Å². The van der Waals surface area contributed by atoms with Crippen LogP contribution in [0.3, 0.4) is 0 Å². The number of carbonyl (C=O) groups is 3. The quantitative estimate of drug-likeness (QED) is 0.267. The predicted molar refractivity (Wildman–Crippen MR) is 135 cm³/mol. The number of rotatable bonds is 10. The maximum absolute atomic E-state index is 13.5. The van der Waals surface area contributed by atoms with Gasteiger partial charge in [0.1, 0.15) is 18.0 Å². The number of carbonyl (C=O) groups excluding carboxylic acids is 3. The van der Waals surface area contributed by atoms with Crippen LogP contribution in [0.1, 0.15) is 12.5 Å². The second-order valence-electron chi connectivity index (χ2n) is 7.32. The molecule has 0 N–H and O–H groups in total. The Morgan fingerprint density at radius 2 is 1.64 bits per heavy atom. The van der Waals surface area contributed by atoms with Gasteiger partial charge in [0.15, 0.2) is 23.2 Å². The fourth-order valence-corrected chi connectivity index (χ4v) is 3.69. The Kier molecular flexibility index (Phi) is 8.85. The molecule has 3 rings (SSSR count).